The average molecular weight is 185 g/mol. The molecule has 0 heterocycles. The second-order valence-electron chi connectivity index (χ2n) is 2.64. The summed E-state index contributed by atoms with van der Waals surface area (Å²) in [4.78, 5) is 0. The van der Waals surface area contributed by atoms with E-state index in [2.05, 4.69) is 12.2 Å². The third-order valence-electron chi connectivity index (χ3n) is 1.64. The van der Waals surface area contributed by atoms with Crippen molar-refractivity contribution in [2.24, 2.45) is 0 Å². The lowest BCUT2D eigenvalue weighted by molar-refractivity contribution is 0.727. The van der Waals surface area contributed by atoms with Crippen LogP contribution >= 0.6 is 11.6 Å². The summed E-state index contributed by atoms with van der Waals surface area (Å²) in [5, 5.41) is 3.84. The lowest BCUT2D eigenvalue weighted by atomic mass is 10.2. The molecule has 0 aliphatic heterocycles. The molecule has 0 bridgehead atoms. The van der Waals surface area contributed by atoms with Gasteiger partial charge in [0.1, 0.15) is 0 Å². The van der Waals surface area contributed by atoms with Crippen molar-refractivity contribution in [3.63, 3.8) is 0 Å². The molecule has 0 saturated heterocycles. The van der Waals surface area contributed by atoms with Crippen LogP contribution in [0.15, 0.2) is 18.2 Å². The third-order valence-corrected chi connectivity index (χ3v) is 1.97. The van der Waals surface area contributed by atoms with Crippen molar-refractivity contribution < 1.29 is 0 Å². The highest BCUT2D eigenvalue weighted by molar-refractivity contribution is 6.33. The Kier molecular flexibility index (Phi) is 3.38. The molecular weight excluding hydrogens is 172 g/mol. The summed E-state index contributed by atoms with van der Waals surface area (Å²) in [5.74, 6) is 0. The van der Waals surface area contributed by atoms with Crippen molar-refractivity contribution in [1.29, 1.82) is 0 Å². The van der Waals surface area contributed by atoms with Crippen LogP contribution < -0.4 is 11.1 Å². The van der Waals surface area contributed by atoms with Crippen molar-refractivity contribution in [3.8, 4) is 0 Å². The van der Waals surface area contributed by atoms with Gasteiger partial charge in [0.05, 0.1) is 10.7 Å². The zero-order valence-electron chi connectivity index (χ0n) is 7.10. The lowest BCUT2D eigenvalue weighted by Crippen LogP contribution is -2.11. The smallest absolute Gasteiger partial charge is 0.0638 e. The first kappa shape index (κ1) is 9.36. The molecule has 12 heavy (non-hydrogen) atoms. The molecule has 1 aromatic carbocycles. The summed E-state index contributed by atoms with van der Waals surface area (Å²) in [7, 11) is 0. The van der Waals surface area contributed by atoms with E-state index in [0.29, 0.717) is 10.7 Å². The van der Waals surface area contributed by atoms with Gasteiger partial charge in [-0.25, -0.2) is 0 Å². The van der Waals surface area contributed by atoms with Gasteiger partial charge < -0.3 is 11.1 Å². The highest BCUT2D eigenvalue weighted by atomic mass is 35.5. The number of halogens is 1. The van der Waals surface area contributed by atoms with Gasteiger partial charge in [0.25, 0.3) is 0 Å². The maximum absolute atomic E-state index is 5.84. The van der Waals surface area contributed by atoms with E-state index in [1.165, 1.54) is 0 Å². The number of nitrogens with two attached hydrogens (primary N) is 1. The molecule has 3 heteroatoms. The Hall–Kier alpha value is -0.730. The molecular formula is C9H13ClN2. The summed E-state index contributed by atoms with van der Waals surface area (Å²) in [5.41, 5.74) is 7.36. The summed E-state index contributed by atoms with van der Waals surface area (Å²) < 4.78 is 0. The molecule has 0 aromatic heterocycles. The Bertz CT molecular complexity index is 261. The predicted octanol–water partition coefficient (Wildman–Crippen LogP) is 2.03. The maximum atomic E-state index is 5.84. The molecule has 1 aromatic rings. The van der Waals surface area contributed by atoms with Crippen LogP contribution in [0.25, 0.3) is 0 Å². The summed E-state index contributed by atoms with van der Waals surface area (Å²) in [6.45, 7) is 3.87. The monoisotopic (exact) mass is 184 g/mol. The van der Waals surface area contributed by atoms with Gasteiger partial charge in [-0.1, -0.05) is 24.6 Å². The number of hydrogen-bond acceptors (Lipinski definition) is 2. The van der Waals surface area contributed by atoms with Crippen molar-refractivity contribution in [1.82, 2.24) is 5.32 Å². The Labute approximate surface area is 77.7 Å². The standard InChI is InChI=1S/C9H13ClN2/c1-2-12-6-7-3-4-9(11)8(10)5-7/h3-5,12H,2,6,11H2,1H3. The average Bonchev–Trinajstić information content (AvgIpc) is 2.07. The van der Waals surface area contributed by atoms with Crippen molar-refractivity contribution in [2.75, 3.05) is 12.3 Å². The van der Waals surface area contributed by atoms with E-state index in [4.69, 9.17) is 17.3 Å². The number of benzene rings is 1. The van der Waals surface area contributed by atoms with Gasteiger partial charge in [-0.3, -0.25) is 0 Å². The molecule has 2 nitrogen and oxygen atoms in total. The lowest BCUT2D eigenvalue weighted by Gasteiger charge is -2.03. The Morgan fingerprint density at radius 3 is 2.83 bits per heavy atom. The number of hydrogen-bond donors (Lipinski definition) is 2. The Morgan fingerprint density at radius 1 is 1.50 bits per heavy atom. The van der Waals surface area contributed by atoms with E-state index in [1.54, 1.807) is 0 Å². The molecule has 1 rings (SSSR count). The number of anilines is 1. The first-order valence-electron chi connectivity index (χ1n) is 3.98. The van der Waals surface area contributed by atoms with E-state index >= 15 is 0 Å². The van der Waals surface area contributed by atoms with E-state index in [0.717, 1.165) is 18.7 Å². The van der Waals surface area contributed by atoms with E-state index in [9.17, 15) is 0 Å². The Morgan fingerprint density at radius 2 is 2.25 bits per heavy atom. The quantitative estimate of drug-likeness (QED) is 0.706. The molecule has 0 atom stereocenters. The van der Waals surface area contributed by atoms with Crippen molar-refractivity contribution in [3.05, 3.63) is 28.8 Å². The van der Waals surface area contributed by atoms with Crippen molar-refractivity contribution in [2.45, 2.75) is 13.5 Å². The molecule has 0 aliphatic rings. The van der Waals surface area contributed by atoms with Gasteiger partial charge in [0.2, 0.25) is 0 Å². The normalized spacial score (nSPS) is 10.2. The summed E-state index contributed by atoms with van der Waals surface area (Å²) in [6.07, 6.45) is 0. The van der Waals surface area contributed by atoms with E-state index < -0.39 is 0 Å². The molecule has 0 radical (unpaired) electrons. The van der Waals surface area contributed by atoms with E-state index in [1.807, 2.05) is 18.2 Å². The van der Waals surface area contributed by atoms with Crippen LogP contribution in [0.5, 0.6) is 0 Å². The molecule has 3 N–H and O–H groups in total. The highest BCUT2D eigenvalue weighted by Crippen LogP contribution is 2.19. The van der Waals surface area contributed by atoms with Gasteiger partial charge in [0.15, 0.2) is 0 Å². The van der Waals surface area contributed by atoms with Gasteiger partial charge in [-0.15, -0.1) is 0 Å². The zero-order valence-corrected chi connectivity index (χ0v) is 7.86. The molecule has 0 amide bonds. The van der Waals surface area contributed by atoms with Crippen molar-refractivity contribution >= 4 is 17.3 Å². The summed E-state index contributed by atoms with van der Waals surface area (Å²) >= 11 is 5.84. The third kappa shape index (κ3) is 2.40. The largest absolute Gasteiger partial charge is 0.398 e. The fraction of sp³-hybridized carbons (Fsp3) is 0.333. The first-order chi connectivity index (χ1) is 5.74. The minimum atomic E-state index is 0.630. The molecule has 0 unspecified atom stereocenters. The van der Waals surface area contributed by atoms with Crippen LogP contribution in [0.1, 0.15) is 12.5 Å². The minimum Gasteiger partial charge on any atom is -0.398 e. The molecule has 0 spiro atoms. The second kappa shape index (κ2) is 4.33. The van der Waals surface area contributed by atoms with Gasteiger partial charge >= 0.3 is 0 Å². The van der Waals surface area contributed by atoms with Crippen LogP contribution in [-0.4, -0.2) is 6.54 Å². The zero-order chi connectivity index (χ0) is 8.97. The Balaban J connectivity index is 2.69. The molecule has 0 saturated carbocycles. The van der Waals surface area contributed by atoms with Gasteiger partial charge in [-0.05, 0) is 24.2 Å². The second-order valence-corrected chi connectivity index (χ2v) is 3.04. The summed E-state index contributed by atoms with van der Waals surface area (Å²) in [6, 6.07) is 5.69. The van der Waals surface area contributed by atoms with Crippen LogP contribution in [0.3, 0.4) is 0 Å². The fourth-order valence-corrected chi connectivity index (χ4v) is 1.15. The predicted molar refractivity (Wildman–Crippen MR) is 53.2 cm³/mol. The van der Waals surface area contributed by atoms with E-state index in [-0.39, 0.29) is 0 Å². The van der Waals surface area contributed by atoms with Gasteiger partial charge in [-0.2, -0.15) is 0 Å². The highest BCUT2D eigenvalue weighted by Gasteiger charge is 1.96. The molecule has 0 aliphatic carbocycles. The number of rotatable bonds is 3. The van der Waals surface area contributed by atoms with Crippen LogP contribution in [0, 0.1) is 0 Å². The molecule has 66 valence electrons. The van der Waals surface area contributed by atoms with Crippen LogP contribution in [0.2, 0.25) is 5.02 Å². The first-order valence-corrected chi connectivity index (χ1v) is 4.36. The number of nitrogens with one attached hydrogen (secondary N) is 1. The SMILES string of the molecule is CCNCc1ccc(N)c(Cl)c1. The van der Waals surface area contributed by atoms with Gasteiger partial charge in [0, 0.05) is 6.54 Å². The fourth-order valence-electron chi connectivity index (χ4n) is 0.950. The maximum Gasteiger partial charge on any atom is 0.0638 e. The van der Waals surface area contributed by atoms with Crippen LogP contribution in [-0.2, 0) is 6.54 Å². The minimum absolute atomic E-state index is 0.630. The van der Waals surface area contributed by atoms with Crippen LogP contribution in [0.4, 0.5) is 5.69 Å². The molecule has 0 fully saturated rings. The number of nitrogen functional groups attached to an aromatic ring is 1. The topological polar surface area (TPSA) is 38.0 Å².